The van der Waals surface area contributed by atoms with E-state index >= 15 is 0 Å². The molecule has 0 aromatic heterocycles. The summed E-state index contributed by atoms with van der Waals surface area (Å²) in [6.45, 7) is 1.27. The molecular formula is C24H25ClN2O6S. The summed E-state index contributed by atoms with van der Waals surface area (Å²) in [6.07, 6.45) is 0. The molecule has 0 atom stereocenters. The number of carbonyl (C=O) groups is 1. The second-order valence-corrected chi connectivity index (χ2v) is 9.50. The molecule has 3 aromatic rings. The van der Waals surface area contributed by atoms with Crippen LogP contribution in [0.2, 0.25) is 5.02 Å². The monoisotopic (exact) mass is 504 g/mol. The molecule has 0 fully saturated rings. The van der Waals surface area contributed by atoms with Gasteiger partial charge in [0.15, 0.2) is 0 Å². The summed E-state index contributed by atoms with van der Waals surface area (Å²) in [7, 11) is 0.140. The van der Waals surface area contributed by atoms with E-state index in [1.54, 1.807) is 49.4 Å². The number of nitrogens with one attached hydrogen (secondary N) is 1. The zero-order chi connectivity index (χ0) is 24.9. The molecule has 0 heterocycles. The van der Waals surface area contributed by atoms with Gasteiger partial charge < -0.3 is 19.5 Å². The van der Waals surface area contributed by atoms with E-state index in [1.807, 2.05) is 0 Å². The summed E-state index contributed by atoms with van der Waals surface area (Å²) in [5, 5.41) is 2.99. The lowest BCUT2D eigenvalue weighted by Gasteiger charge is -2.25. The van der Waals surface area contributed by atoms with Crippen molar-refractivity contribution in [3.8, 4) is 17.2 Å². The minimum atomic E-state index is -4.20. The maximum Gasteiger partial charge on any atom is 0.268 e. The fraction of sp³-hybridized carbons (Fsp3) is 0.208. The summed E-state index contributed by atoms with van der Waals surface area (Å²) < 4.78 is 44.2. The number of hydrogen-bond donors (Lipinski definition) is 1. The molecule has 10 heteroatoms. The van der Waals surface area contributed by atoms with Crippen LogP contribution in [0, 0.1) is 6.92 Å². The van der Waals surface area contributed by atoms with Gasteiger partial charge in [-0.25, -0.2) is 8.42 Å². The fourth-order valence-corrected chi connectivity index (χ4v) is 5.17. The van der Waals surface area contributed by atoms with Crippen molar-refractivity contribution in [2.24, 2.45) is 0 Å². The van der Waals surface area contributed by atoms with Crippen LogP contribution in [0.3, 0.4) is 0 Å². The van der Waals surface area contributed by atoms with E-state index in [0.29, 0.717) is 22.2 Å². The summed E-state index contributed by atoms with van der Waals surface area (Å²) in [5.41, 5.74) is 1.38. The number of nitrogens with zero attached hydrogens (tertiary/aromatic N) is 1. The molecule has 0 spiro atoms. The van der Waals surface area contributed by atoms with Crippen molar-refractivity contribution in [3.63, 3.8) is 0 Å². The highest BCUT2D eigenvalue weighted by atomic mass is 35.5. The normalized spacial score (nSPS) is 11.0. The molecule has 0 saturated carbocycles. The van der Waals surface area contributed by atoms with Crippen molar-refractivity contribution in [2.45, 2.75) is 11.8 Å². The zero-order valence-corrected chi connectivity index (χ0v) is 20.7. The molecule has 180 valence electrons. The smallest absolute Gasteiger partial charge is 0.268 e. The van der Waals surface area contributed by atoms with Gasteiger partial charge in [0.1, 0.15) is 28.7 Å². The third-order valence-electron chi connectivity index (χ3n) is 4.95. The van der Waals surface area contributed by atoms with Gasteiger partial charge in [0.25, 0.3) is 10.0 Å². The van der Waals surface area contributed by atoms with Crippen molar-refractivity contribution < 1.29 is 27.4 Å². The average Bonchev–Trinajstić information content (AvgIpc) is 2.82. The Kier molecular flexibility index (Phi) is 7.90. The Morgan fingerprint density at radius 3 is 2.29 bits per heavy atom. The van der Waals surface area contributed by atoms with E-state index in [9.17, 15) is 13.2 Å². The number of amides is 1. The lowest BCUT2D eigenvalue weighted by Crippen LogP contribution is -2.38. The minimum absolute atomic E-state index is 0.0573. The number of carbonyl (C=O) groups excluding carboxylic acids is 1. The van der Waals surface area contributed by atoms with E-state index in [2.05, 4.69) is 5.32 Å². The molecule has 8 nitrogen and oxygen atoms in total. The van der Waals surface area contributed by atoms with E-state index in [0.717, 1.165) is 9.87 Å². The predicted molar refractivity (Wildman–Crippen MR) is 132 cm³/mol. The Morgan fingerprint density at radius 1 is 0.941 bits per heavy atom. The number of anilines is 2. The molecule has 1 amide bonds. The molecule has 0 saturated heterocycles. The first-order chi connectivity index (χ1) is 16.2. The predicted octanol–water partition coefficient (Wildman–Crippen LogP) is 4.51. The van der Waals surface area contributed by atoms with Gasteiger partial charge in [0.05, 0.1) is 32.0 Å². The first-order valence-corrected chi connectivity index (χ1v) is 12.0. The van der Waals surface area contributed by atoms with Crippen LogP contribution in [0.25, 0.3) is 0 Å². The second-order valence-electron chi connectivity index (χ2n) is 7.26. The van der Waals surface area contributed by atoms with Gasteiger partial charge in [0, 0.05) is 11.8 Å². The molecule has 0 bridgehead atoms. The summed E-state index contributed by atoms with van der Waals surface area (Å²) in [6, 6.07) is 16.0. The van der Waals surface area contributed by atoms with Crippen LogP contribution in [0.5, 0.6) is 17.2 Å². The minimum Gasteiger partial charge on any atom is -0.497 e. The van der Waals surface area contributed by atoms with Crippen molar-refractivity contribution in [1.29, 1.82) is 0 Å². The molecular weight excluding hydrogens is 480 g/mol. The van der Waals surface area contributed by atoms with E-state index in [4.69, 9.17) is 25.8 Å². The molecule has 0 aliphatic heterocycles. The third kappa shape index (κ3) is 5.55. The van der Waals surface area contributed by atoms with Crippen LogP contribution in [0.1, 0.15) is 5.56 Å². The fourth-order valence-electron chi connectivity index (χ4n) is 3.26. The number of sulfonamides is 1. The van der Waals surface area contributed by atoms with Gasteiger partial charge in [-0.15, -0.1) is 0 Å². The summed E-state index contributed by atoms with van der Waals surface area (Å²) >= 11 is 6.14. The zero-order valence-electron chi connectivity index (χ0n) is 19.2. The lowest BCUT2D eigenvalue weighted by molar-refractivity contribution is -0.114. The molecule has 0 unspecified atom stereocenters. The van der Waals surface area contributed by atoms with E-state index < -0.39 is 22.5 Å². The van der Waals surface area contributed by atoms with Gasteiger partial charge >= 0.3 is 0 Å². The average molecular weight is 505 g/mol. The first kappa shape index (κ1) is 25.2. The number of methoxy groups -OCH3 is 3. The third-order valence-corrected chi connectivity index (χ3v) is 7.04. The molecule has 3 rings (SSSR count). The molecule has 0 aliphatic carbocycles. The van der Waals surface area contributed by atoms with Crippen LogP contribution in [-0.2, 0) is 14.8 Å². The second kappa shape index (κ2) is 10.7. The van der Waals surface area contributed by atoms with Crippen LogP contribution < -0.4 is 23.8 Å². The van der Waals surface area contributed by atoms with Crippen molar-refractivity contribution in [2.75, 3.05) is 37.5 Å². The molecule has 0 radical (unpaired) electrons. The Bertz CT molecular complexity index is 1300. The summed E-state index contributed by atoms with van der Waals surface area (Å²) in [5.74, 6) is 0.489. The molecule has 3 aromatic carbocycles. The van der Waals surface area contributed by atoms with Crippen molar-refractivity contribution >= 4 is 38.9 Å². The Labute approximate surface area is 204 Å². The maximum absolute atomic E-state index is 13.8. The maximum atomic E-state index is 13.8. The highest BCUT2D eigenvalue weighted by Gasteiger charge is 2.30. The van der Waals surface area contributed by atoms with Crippen molar-refractivity contribution in [3.05, 3.63) is 71.2 Å². The Balaban J connectivity index is 2.01. The Hall–Kier alpha value is -3.43. The Morgan fingerprint density at radius 2 is 1.65 bits per heavy atom. The van der Waals surface area contributed by atoms with Gasteiger partial charge in [-0.1, -0.05) is 23.7 Å². The van der Waals surface area contributed by atoms with Crippen LogP contribution in [0.15, 0.2) is 65.6 Å². The number of ether oxygens (including phenoxy) is 3. The molecule has 0 aliphatic rings. The quantitative estimate of drug-likeness (QED) is 0.461. The van der Waals surface area contributed by atoms with Crippen LogP contribution in [-0.4, -0.2) is 42.2 Å². The van der Waals surface area contributed by atoms with Crippen LogP contribution >= 0.6 is 11.6 Å². The summed E-state index contributed by atoms with van der Waals surface area (Å²) in [4.78, 5) is 12.9. The van der Waals surface area contributed by atoms with E-state index in [1.165, 1.54) is 39.5 Å². The first-order valence-electron chi connectivity index (χ1n) is 10.1. The van der Waals surface area contributed by atoms with E-state index in [-0.39, 0.29) is 16.3 Å². The van der Waals surface area contributed by atoms with Gasteiger partial charge in [-0.2, -0.15) is 0 Å². The topological polar surface area (TPSA) is 94.2 Å². The number of hydrogen-bond acceptors (Lipinski definition) is 6. The standard InChI is InChI=1S/C24H25ClN2O6S/c1-16-8-10-22(33-4)23(12-16)34(29,30)27(18-6-5-7-19(14-18)31-2)15-24(28)26-17-9-11-21(32-3)20(25)13-17/h5-14H,15H2,1-4H3,(H,26,28). The number of halogens is 1. The SMILES string of the molecule is COc1cccc(N(CC(=O)Nc2ccc(OC)c(Cl)c2)S(=O)(=O)c2cc(C)ccc2OC)c1. The highest BCUT2D eigenvalue weighted by molar-refractivity contribution is 7.93. The highest BCUT2D eigenvalue weighted by Crippen LogP contribution is 2.32. The van der Waals surface area contributed by atoms with Gasteiger partial charge in [-0.3, -0.25) is 9.10 Å². The largest absolute Gasteiger partial charge is 0.497 e. The van der Waals surface area contributed by atoms with Crippen molar-refractivity contribution in [1.82, 2.24) is 0 Å². The number of aryl methyl sites for hydroxylation is 1. The molecule has 34 heavy (non-hydrogen) atoms. The number of rotatable bonds is 9. The lowest BCUT2D eigenvalue weighted by atomic mass is 10.2. The van der Waals surface area contributed by atoms with Crippen LogP contribution in [0.4, 0.5) is 11.4 Å². The molecule has 1 N–H and O–H groups in total. The van der Waals surface area contributed by atoms with Gasteiger partial charge in [0.2, 0.25) is 5.91 Å². The van der Waals surface area contributed by atoms with Gasteiger partial charge in [-0.05, 0) is 55.0 Å². The number of benzene rings is 3.